The molecule has 256 valence electrons. The third-order valence-corrected chi connectivity index (χ3v) is 9.79. The van der Waals surface area contributed by atoms with E-state index in [9.17, 15) is 14.8 Å². The number of nitrogens with one attached hydrogen (secondary N) is 1. The second kappa shape index (κ2) is 15.4. The van der Waals surface area contributed by atoms with Gasteiger partial charge in [-0.15, -0.1) is 0 Å². The topological polar surface area (TPSA) is 113 Å². The Hall–Kier alpha value is -4.51. The summed E-state index contributed by atoms with van der Waals surface area (Å²) in [6.45, 7) is 2.87. The number of esters is 2. The summed E-state index contributed by atoms with van der Waals surface area (Å²) in [6.07, 6.45) is 3.57. The standard InChI is InChI=1S/C37H37Cl2N3O7/c1-46-31-13-10-26(18-33(31)47-2)32(19-28-29(38)20-42(45)21-30(28)39)48-36(43)25-8-11-27(12-9-25)40-35(24-6-4-3-5-7-24)37(44)49-34-22-41-16-14-23(34)15-17-41/h3-13,18,20-21,23,32,34-35,40H,14-17,19,22H2,1-2H3/t32?,34-,35?/m0/s1. The number of benzene rings is 3. The van der Waals surface area contributed by atoms with E-state index in [-0.39, 0.29) is 34.1 Å². The number of carbonyl (C=O) groups is 2. The first-order valence-electron chi connectivity index (χ1n) is 16.1. The number of ether oxygens (including phenoxy) is 4. The van der Waals surface area contributed by atoms with Crippen molar-refractivity contribution in [3.05, 3.63) is 123 Å². The van der Waals surface area contributed by atoms with E-state index in [0.717, 1.165) is 38.0 Å². The number of methoxy groups -OCH3 is 2. The van der Waals surface area contributed by atoms with Crippen molar-refractivity contribution < 1.29 is 33.3 Å². The van der Waals surface area contributed by atoms with Crippen molar-refractivity contribution in [1.82, 2.24) is 4.90 Å². The van der Waals surface area contributed by atoms with Crippen molar-refractivity contribution in [1.29, 1.82) is 0 Å². The molecular formula is C37H37Cl2N3O7. The van der Waals surface area contributed by atoms with Gasteiger partial charge in [0.05, 0.1) is 19.8 Å². The van der Waals surface area contributed by atoms with Gasteiger partial charge in [0.2, 0.25) is 0 Å². The maximum absolute atomic E-state index is 13.6. The van der Waals surface area contributed by atoms with Crippen LogP contribution in [0.3, 0.4) is 0 Å². The van der Waals surface area contributed by atoms with Crippen molar-refractivity contribution in [3.8, 4) is 11.5 Å². The summed E-state index contributed by atoms with van der Waals surface area (Å²) in [7, 11) is 3.04. The van der Waals surface area contributed by atoms with Crippen molar-refractivity contribution in [2.24, 2.45) is 5.92 Å². The number of hydrogen-bond donors (Lipinski definition) is 1. The van der Waals surface area contributed by atoms with Crippen LogP contribution in [-0.4, -0.2) is 56.8 Å². The minimum atomic E-state index is -0.855. The van der Waals surface area contributed by atoms with E-state index in [1.807, 2.05) is 30.3 Å². The Kier molecular flexibility index (Phi) is 10.8. The van der Waals surface area contributed by atoms with Crippen LogP contribution in [0.15, 0.2) is 85.2 Å². The summed E-state index contributed by atoms with van der Waals surface area (Å²) in [5.41, 5.74) is 2.73. The van der Waals surface area contributed by atoms with Crippen molar-refractivity contribution >= 4 is 40.8 Å². The zero-order chi connectivity index (χ0) is 34.5. The van der Waals surface area contributed by atoms with Crippen molar-refractivity contribution in [3.63, 3.8) is 0 Å². The molecule has 0 spiro atoms. The molecule has 3 saturated heterocycles. The van der Waals surface area contributed by atoms with Crippen LogP contribution in [0.25, 0.3) is 0 Å². The van der Waals surface area contributed by atoms with Crippen LogP contribution in [0.2, 0.25) is 10.0 Å². The fourth-order valence-electron chi connectivity index (χ4n) is 6.44. The van der Waals surface area contributed by atoms with E-state index >= 15 is 0 Å². The van der Waals surface area contributed by atoms with E-state index in [1.54, 1.807) is 42.5 Å². The highest BCUT2D eigenvalue weighted by atomic mass is 35.5. The Balaban J connectivity index is 1.20. The van der Waals surface area contributed by atoms with Crippen LogP contribution >= 0.6 is 23.2 Å². The lowest BCUT2D eigenvalue weighted by atomic mass is 9.86. The minimum Gasteiger partial charge on any atom is -0.619 e. The summed E-state index contributed by atoms with van der Waals surface area (Å²) in [5, 5.41) is 15.5. The molecule has 7 rings (SSSR count). The summed E-state index contributed by atoms with van der Waals surface area (Å²) in [4.78, 5) is 29.5. The highest BCUT2D eigenvalue weighted by Crippen LogP contribution is 2.36. The molecule has 0 saturated carbocycles. The summed E-state index contributed by atoms with van der Waals surface area (Å²) in [6, 6.07) is 20.6. The molecule has 1 aromatic heterocycles. The average molecular weight is 707 g/mol. The summed E-state index contributed by atoms with van der Waals surface area (Å²) >= 11 is 12.8. The molecule has 10 nitrogen and oxygen atoms in total. The Morgan fingerprint density at radius 3 is 2.20 bits per heavy atom. The molecule has 4 aromatic rings. The second-order valence-corrected chi connectivity index (χ2v) is 13.0. The third-order valence-electron chi connectivity index (χ3n) is 9.14. The average Bonchev–Trinajstić information content (AvgIpc) is 3.12. The first-order chi connectivity index (χ1) is 23.7. The third kappa shape index (κ3) is 8.04. The van der Waals surface area contributed by atoms with E-state index in [2.05, 4.69) is 10.2 Å². The number of anilines is 1. The quantitative estimate of drug-likeness (QED) is 0.0993. The number of piperidine rings is 3. The molecule has 3 aliphatic heterocycles. The minimum absolute atomic E-state index is 0.0832. The summed E-state index contributed by atoms with van der Waals surface area (Å²) in [5.74, 6) is 0.389. The highest BCUT2D eigenvalue weighted by Gasteiger charge is 2.38. The van der Waals surface area contributed by atoms with Crippen LogP contribution in [0, 0.1) is 11.1 Å². The fraction of sp³-hybridized carbons (Fsp3) is 0.324. The van der Waals surface area contributed by atoms with Gasteiger partial charge in [0.1, 0.15) is 22.3 Å². The Morgan fingerprint density at radius 2 is 1.59 bits per heavy atom. The molecule has 0 aliphatic carbocycles. The molecule has 0 radical (unpaired) electrons. The van der Waals surface area contributed by atoms with E-state index in [0.29, 0.717) is 39.0 Å². The smallest absolute Gasteiger partial charge is 0.338 e. The molecule has 49 heavy (non-hydrogen) atoms. The van der Waals surface area contributed by atoms with Gasteiger partial charge in [0.25, 0.3) is 0 Å². The maximum Gasteiger partial charge on any atom is 0.338 e. The largest absolute Gasteiger partial charge is 0.619 e. The fourth-order valence-corrected chi connectivity index (χ4v) is 7.04. The SMILES string of the molecule is COc1ccc(C(Cc2c(Cl)c[n+]([O-])cc2Cl)OC(=O)c2ccc(NC(C(=O)O[C@H]3CN4CCC3CC4)c3ccccc3)cc2)cc1OC. The zero-order valence-electron chi connectivity index (χ0n) is 27.1. The zero-order valence-corrected chi connectivity index (χ0v) is 28.7. The van der Waals surface area contributed by atoms with E-state index in [4.69, 9.17) is 42.1 Å². The Bertz CT molecular complexity index is 1760. The van der Waals surface area contributed by atoms with Crippen LogP contribution < -0.4 is 19.5 Å². The van der Waals surface area contributed by atoms with E-state index in [1.165, 1.54) is 26.6 Å². The first-order valence-corrected chi connectivity index (χ1v) is 16.8. The predicted octanol–water partition coefficient (Wildman–Crippen LogP) is 6.58. The van der Waals surface area contributed by atoms with Crippen LogP contribution in [0.1, 0.15) is 52.0 Å². The van der Waals surface area contributed by atoms with Gasteiger partial charge in [-0.3, -0.25) is 4.90 Å². The van der Waals surface area contributed by atoms with E-state index < -0.39 is 18.1 Å². The van der Waals surface area contributed by atoms with Crippen LogP contribution in [-0.2, 0) is 20.7 Å². The van der Waals surface area contributed by atoms with Gasteiger partial charge in [-0.1, -0.05) is 59.6 Å². The lowest BCUT2D eigenvalue weighted by Gasteiger charge is -2.44. The number of nitrogens with zero attached hydrogens (tertiary/aromatic N) is 2. The molecule has 3 atom stereocenters. The van der Waals surface area contributed by atoms with Gasteiger partial charge in [-0.05, 0) is 79.4 Å². The normalized spacial score (nSPS) is 19.4. The number of carbonyl (C=O) groups excluding carboxylic acids is 2. The van der Waals surface area contributed by atoms with Gasteiger partial charge >= 0.3 is 11.9 Å². The van der Waals surface area contributed by atoms with Gasteiger partial charge in [-0.2, -0.15) is 4.73 Å². The maximum atomic E-state index is 13.6. The van der Waals surface area contributed by atoms with Gasteiger partial charge in [0.15, 0.2) is 29.9 Å². The van der Waals surface area contributed by atoms with Crippen molar-refractivity contribution in [2.45, 2.75) is 37.5 Å². The van der Waals surface area contributed by atoms with Gasteiger partial charge in [-0.25, -0.2) is 9.59 Å². The highest BCUT2D eigenvalue weighted by molar-refractivity contribution is 6.35. The Labute approximate surface area is 295 Å². The molecule has 3 aliphatic rings. The molecule has 12 heteroatoms. The molecule has 4 heterocycles. The van der Waals surface area contributed by atoms with Gasteiger partial charge in [0, 0.05) is 24.2 Å². The summed E-state index contributed by atoms with van der Waals surface area (Å²) < 4.78 is 23.5. The monoisotopic (exact) mass is 705 g/mol. The molecule has 1 N–H and O–H groups in total. The predicted molar refractivity (Wildman–Crippen MR) is 185 cm³/mol. The second-order valence-electron chi connectivity index (χ2n) is 12.2. The number of hydrogen-bond acceptors (Lipinski definition) is 9. The first kappa shape index (κ1) is 34.4. The van der Waals surface area contributed by atoms with Gasteiger partial charge < -0.3 is 29.5 Å². The number of rotatable bonds is 12. The Morgan fingerprint density at radius 1 is 0.918 bits per heavy atom. The number of fused-ring (bicyclic) bond motifs is 3. The molecule has 3 aromatic carbocycles. The molecular weight excluding hydrogens is 669 g/mol. The van der Waals surface area contributed by atoms with Crippen LogP contribution in [0.4, 0.5) is 5.69 Å². The lowest BCUT2D eigenvalue weighted by molar-refractivity contribution is -0.605. The molecule has 0 amide bonds. The molecule has 3 fully saturated rings. The number of pyridine rings is 1. The number of aromatic nitrogens is 1. The van der Waals surface area contributed by atoms with Crippen LogP contribution in [0.5, 0.6) is 11.5 Å². The molecule has 2 bridgehead atoms. The lowest BCUT2D eigenvalue weighted by Crippen LogP contribution is -2.52. The molecule has 2 unspecified atom stereocenters. The van der Waals surface area contributed by atoms with Crippen molar-refractivity contribution in [2.75, 3.05) is 39.2 Å². The number of halogens is 2.